The summed E-state index contributed by atoms with van der Waals surface area (Å²) in [7, 11) is -1.58. The smallest absolute Gasteiger partial charge is 0.241 e. The molecule has 0 unspecified atom stereocenters. The second-order valence-electron chi connectivity index (χ2n) is 5.58. The van der Waals surface area contributed by atoms with Crippen LogP contribution in [0.25, 0.3) is 0 Å². The normalized spacial score (nSPS) is 12.0. The molecule has 0 saturated heterocycles. The summed E-state index contributed by atoms with van der Waals surface area (Å²) in [4.78, 5) is 0.297. The maximum absolute atomic E-state index is 12.3. The van der Waals surface area contributed by atoms with Gasteiger partial charge in [0.15, 0.2) is 0 Å². The van der Waals surface area contributed by atoms with Crippen LogP contribution < -0.4 is 10.0 Å². The minimum absolute atomic E-state index is 0.297. The van der Waals surface area contributed by atoms with E-state index >= 15 is 0 Å². The van der Waals surface area contributed by atoms with Gasteiger partial charge in [-0.15, -0.1) is 0 Å². The molecule has 0 aliphatic heterocycles. The Morgan fingerprint density at radius 3 is 2.52 bits per heavy atom. The van der Waals surface area contributed by atoms with E-state index in [2.05, 4.69) is 39.8 Å². The first-order valence-electron chi connectivity index (χ1n) is 7.29. The van der Waals surface area contributed by atoms with E-state index < -0.39 is 10.0 Å². The van der Waals surface area contributed by atoms with E-state index in [0.29, 0.717) is 28.4 Å². The number of halogens is 1. The molecule has 21 heavy (non-hydrogen) atoms. The molecule has 1 aromatic rings. The van der Waals surface area contributed by atoms with Gasteiger partial charge in [-0.1, -0.05) is 32.8 Å². The van der Waals surface area contributed by atoms with Crippen LogP contribution >= 0.6 is 15.9 Å². The lowest BCUT2D eigenvalue weighted by atomic mass is 10.1. The highest BCUT2D eigenvalue weighted by molar-refractivity contribution is 9.10. The van der Waals surface area contributed by atoms with Crippen molar-refractivity contribution in [2.24, 2.45) is 5.92 Å². The van der Waals surface area contributed by atoms with Crippen molar-refractivity contribution in [3.63, 3.8) is 0 Å². The van der Waals surface area contributed by atoms with Crippen LogP contribution in [0.1, 0.15) is 38.7 Å². The molecule has 0 heterocycles. The van der Waals surface area contributed by atoms with Crippen LogP contribution in [0, 0.1) is 5.92 Å². The third-order valence-corrected chi connectivity index (χ3v) is 5.60. The van der Waals surface area contributed by atoms with Crippen LogP contribution in [0.2, 0.25) is 0 Å². The third kappa shape index (κ3) is 6.46. The molecule has 4 nitrogen and oxygen atoms in total. The molecule has 1 aromatic carbocycles. The van der Waals surface area contributed by atoms with Crippen molar-refractivity contribution in [3.8, 4) is 0 Å². The average Bonchev–Trinajstić information content (AvgIpc) is 2.38. The molecular formula is C15H25BrN2O2S. The summed E-state index contributed by atoms with van der Waals surface area (Å²) < 4.78 is 27.8. The average molecular weight is 377 g/mol. The number of hydrogen-bond donors (Lipinski definition) is 2. The van der Waals surface area contributed by atoms with E-state index in [-0.39, 0.29) is 0 Å². The van der Waals surface area contributed by atoms with Gasteiger partial charge in [0.25, 0.3) is 0 Å². The second-order valence-corrected chi connectivity index (χ2v) is 8.17. The first kappa shape index (κ1) is 18.6. The minimum atomic E-state index is -3.44. The molecule has 6 heteroatoms. The Morgan fingerprint density at radius 1 is 1.24 bits per heavy atom. The van der Waals surface area contributed by atoms with Crippen LogP contribution in [-0.2, 0) is 16.6 Å². The summed E-state index contributed by atoms with van der Waals surface area (Å²) in [5.41, 5.74) is 1.04. The molecular weight excluding hydrogens is 352 g/mol. The van der Waals surface area contributed by atoms with E-state index in [1.807, 2.05) is 19.2 Å². The van der Waals surface area contributed by atoms with Gasteiger partial charge >= 0.3 is 0 Å². The monoisotopic (exact) mass is 376 g/mol. The Kier molecular flexibility index (Phi) is 7.87. The highest BCUT2D eigenvalue weighted by Crippen LogP contribution is 2.23. The molecule has 120 valence electrons. The van der Waals surface area contributed by atoms with Gasteiger partial charge in [0.05, 0.1) is 4.90 Å². The minimum Gasteiger partial charge on any atom is -0.316 e. The highest BCUT2D eigenvalue weighted by Gasteiger charge is 2.17. The zero-order valence-corrected chi connectivity index (χ0v) is 15.4. The molecule has 0 atom stereocenters. The summed E-state index contributed by atoms with van der Waals surface area (Å²) in [6.07, 6.45) is 3.04. The van der Waals surface area contributed by atoms with E-state index in [1.165, 1.54) is 0 Å². The second kappa shape index (κ2) is 8.88. The zero-order valence-electron chi connectivity index (χ0n) is 12.9. The largest absolute Gasteiger partial charge is 0.316 e. The van der Waals surface area contributed by atoms with Crippen molar-refractivity contribution in [1.82, 2.24) is 10.0 Å². The highest BCUT2D eigenvalue weighted by atomic mass is 79.9. The molecule has 0 aliphatic rings. The van der Waals surface area contributed by atoms with Crippen LogP contribution in [0.5, 0.6) is 0 Å². The lowest BCUT2D eigenvalue weighted by molar-refractivity contribution is 0.530. The molecule has 0 radical (unpaired) electrons. The first-order chi connectivity index (χ1) is 9.86. The molecule has 0 aromatic heterocycles. The summed E-state index contributed by atoms with van der Waals surface area (Å²) in [5.74, 6) is 0.662. The Labute approximate surface area is 136 Å². The molecule has 0 fully saturated rings. The molecule has 0 saturated carbocycles. The van der Waals surface area contributed by atoms with Gasteiger partial charge in [-0.25, -0.2) is 13.1 Å². The molecule has 0 amide bonds. The predicted molar refractivity (Wildman–Crippen MR) is 90.8 cm³/mol. The quantitative estimate of drug-likeness (QED) is 0.650. The first-order valence-corrected chi connectivity index (χ1v) is 9.57. The van der Waals surface area contributed by atoms with Gasteiger partial charge in [-0.05, 0) is 53.0 Å². The van der Waals surface area contributed by atoms with Crippen molar-refractivity contribution < 1.29 is 8.42 Å². The van der Waals surface area contributed by atoms with Crippen molar-refractivity contribution in [2.45, 2.75) is 44.6 Å². The number of benzene rings is 1. The van der Waals surface area contributed by atoms with Crippen LogP contribution in [0.3, 0.4) is 0 Å². The lowest BCUT2D eigenvalue weighted by Gasteiger charge is -2.10. The van der Waals surface area contributed by atoms with Crippen LogP contribution in [-0.4, -0.2) is 22.0 Å². The number of hydrogen-bond acceptors (Lipinski definition) is 3. The van der Waals surface area contributed by atoms with E-state index in [9.17, 15) is 8.42 Å². The van der Waals surface area contributed by atoms with Gasteiger partial charge in [0.2, 0.25) is 10.0 Å². The summed E-state index contributed by atoms with van der Waals surface area (Å²) >= 11 is 3.35. The molecule has 2 N–H and O–H groups in total. The topological polar surface area (TPSA) is 58.2 Å². The number of sulfonamides is 1. The Hall–Kier alpha value is -0.430. The maximum Gasteiger partial charge on any atom is 0.241 e. The third-order valence-electron chi connectivity index (χ3n) is 3.17. The SMILES string of the molecule is CNCc1ccc(S(=O)(=O)NCCCCC(C)C)c(Br)c1. The van der Waals surface area contributed by atoms with E-state index in [0.717, 1.165) is 24.8 Å². The Morgan fingerprint density at radius 2 is 1.95 bits per heavy atom. The molecule has 1 rings (SSSR count). The molecule has 0 spiro atoms. The standard InChI is InChI=1S/C15H25BrN2O2S/c1-12(2)6-4-5-9-18-21(19,20)15-8-7-13(11-17-3)10-14(15)16/h7-8,10,12,17-18H,4-6,9,11H2,1-3H3. The fraction of sp³-hybridized carbons (Fsp3) is 0.600. The maximum atomic E-state index is 12.3. The summed E-state index contributed by atoms with van der Waals surface area (Å²) in [6, 6.07) is 5.31. The van der Waals surface area contributed by atoms with Gasteiger partial charge in [0, 0.05) is 17.6 Å². The van der Waals surface area contributed by atoms with Crippen molar-refractivity contribution >= 4 is 26.0 Å². The summed E-state index contributed by atoms with van der Waals surface area (Å²) in [6.45, 7) is 5.54. The molecule has 0 aliphatic carbocycles. The fourth-order valence-electron chi connectivity index (χ4n) is 2.04. The van der Waals surface area contributed by atoms with Crippen molar-refractivity contribution in [3.05, 3.63) is 28.2 Å². The van der Waals surface area contributed by atoms with Crippen molar-refractivity contribution in [1.29, 1.82) is 0 Å². The lowest BCUT2D eigenvalue weighted by Crippen LogP contribution is -2.25. The fourth-order valence-corrected chi connectivity index (χ4v) is 4.24. The zero-order chi connectivity index (χ0) is 15.9. The number of rotatable bonds is 9. The predicted octanol–water partition coefficient (Wildman–Crippen LogP) is 3.27. The van der Waals surface area contributed by atoms with Crippen LogP contribution in [0.4, 0.5) is 0 Å². The number of nitrogens with one attached hydrogen (secondary N) is 2. The van der Waals surface area contributed by atoms with E-state index in [4.69, 9.17) is 0 Å². The van der Waals surface area contributed by atoms with Crippen molar-refractivity contribution in [2.75, 3.05) is 13.6 Å². The van der Waals surface area contributed by atoms with E-state index in [1.54, 1.807) is 6.07 Å². The molecule has 0 bridgehead atoms. The summed E-state index contributed by atoms with van der Waals surface area (Å²) in [5, 5.41) is 3.04. The van der Waals surface area contributed by atoms with Gasteiger partial charge in [-0.2, -0.15) is 0 Å². The Bertz CT molecular complexity index is 545. The van der Waals surface area contributed by atoms with Gasteiger partial charge in [-0.3, -0.25) is 0 Å². The Balaban J connectivity index is 2.61. The number of unbranched alkanes of at least 4 members (excludes halogenated alkanes) is 1. The van der Waals surface area contributed by atoms with Crippen LogP contribution in [0.15, 0.2) is 27.6 Å². The van der Waals surface area contributed by atoms with Gasteiger partial charge < -0.3 is 5.32 Å². The van der Waals surface area contributed by atoms with Gasteiger partial charge in [0.1, 0.15) is 0 Å².